The van der Waals surface area contributed by atoms with Crippen LogP contribution in [0.25, 0.3) is 0 Å². The number of hydrogen-bond donors (Lipinski definition) is 1. The van der Waals surface area contributed by atoms with Crippen molar-refractivity contribution >= 4 is 33.7 Å². The van der Waals surface area contributed by atoms with E-state index in [0.717, 1.165) is 22.2 Å². The van der Waals surface area contributed by atoms with Crippen LogP contribution < -0.4 is 5.73 Å². The van der Waals surface area contributed by atoms with Crippen LogP contribution in [0.5, 0.6) is 0 Å². The van der Waals surface area contributed by atoms with Crippen molar-refractivity contribution < 1.29 is 14.4 Å². The van der Waals surface area contributed by atoms with E-state index in [9.17, 15) is 14.4 Å². The fourth-order valence-electron chi connectivity index (χ4n) is 3.32. The third-order valence-corrected chi connectivity index (χ3v) is 5.36. The number of piperidine rings is 1. The Kier molecular flexibility index (Phi) is 4.73. The third-order valence-electron chi connectivity index (χ3n) is 4.86. The Balaban J connectivity index is 1.66. The number of halogens is 1. The average molecular weight is 394 g/mol. The van der Waals surface area contributed by atoms with E-state index >= 15 is 0 Å². The minimum atomic E-state index is -0.407. The molecule has 2 aliphatic heterocycles. The number of likely N-dealkylation sites (tertiary alicyclic amines) is 1. The molecule has 1 fully saturated rings. The van der Waals surface area contributed by atoms with E-state index in [4.69, 9.17) is 5.73 Å². The van der Waals surface area contributed by atoms with Crippen molar-refractivity contribution in [3.8, 4) is 0 Å². The number of imide groups is 1. The van der Waals surface area contributed by atoms with Crippen molar-refractivity contribution in [3.63, 3.8) is 0 Å². The molecular weight excluding hydrogens is 374 g/mol. The predicted molar refractivity (Wildman–Crippen MR) is 92.5 cm³/mol. The molecule has 6 nitrogen and oxygen atoms in total. The largest absolute Gasteiger partial charge is 0.341 e. The molecule has 0 bridgehead atoms. The molecule has 1 aromatic carbocycles. The van der Waals surface area contributed by atoms with Crippen LogP contribution in [-0.4, -0.2) is 53.2 Å². The Bertz CT molecular complexity index is 696. The third kappa shape index (κ3) is 3.10. The number of hydrogen-bond acceptors (Lipinski definition) is 4. The van der Waals surface area contributed by atoms with Gasteiger partial charge in [-0.1, -0.05) is 15.9 Å². The lowest BCUT2D eigenvalue weighted by Crippen LogP contribution is -2.47. The predicted octanol–water partition coefficient (Wildman–Crippen LogP) is 1.63. The average Bonchev–Trinajstić information content (AvgIpc) is 2.79. The molecule has 0 aliphatic carbocycles. The van der Waals surface area contributed by atoms with Crippen LogP contribution in [-0.2, 0) is 4.79 Å². The van der Waals surface area contributed by atoms with Crippen molar-refractivity contribution in [1.29, 1.82) is 0 Å². The second-order valence-corrected chi connectivity index (χ2v) is 7.38. The van der Waals surface area contributed by atoms with E-state index in [1.54, 1.807) is 23.1 Å². The van der Waals surface area contributed by atoms with Crippen LogP contribution in [0.4, 0.5) is 0 Å². The molecule has 1 atom stereocenters. The van der Waals surface area contributed by atoms with Gasteiger partial charge in [-0.3, -0.25) is 19.3 Å². The van der Waals surface area contributed by atoms with Gasteiger partial charge in [-0.2, -0.15) is 0 Å². The van der Waals surface area contributed by atoms with E-state index < -0.39 is 11.8 Å². The Hall–Kier alpha value is -1.73. The first-order chi connectivity index (χ1) is 11.4. The van der Waals surface area contributed by atoms with Gasteiger partial charge in [0.2, 0.25) is 5.91 Å². The molecule has 3 amide bonds. The van der Waals surface area contributed by atoms with Crippen LogP contribution >= 0.6 is 15.9 Å². The quantitative estimate of drug-likeness (QED) is 0.790. The van der Waals surface area contributed by atoms with Crippen molar-refractivity contribution in [1.82, 2.24) is 9.80 Å². The molecule has 7 heteroatoms. The summed E-state index contributed by atoms with van der Waals surface area (Å²) in [5.74, 6) is -0.575. The summed E-state index contributed by atoms with van der Waals surface area (Å²) >= 11 is 3.30. The van der Waals surface area contributed by atoms with Crippen molar-refractivity contribution in [2.75, 3.05) is 19.6 Å². The molecule has 2 aliphatic rings. The number of benzene rings is 1. The van der Waals surface area contributed by atoms with Crippen LogP contribution in [0.3, 0.4) is 0 Å². The van der Waals surface area contributed by atoms with E-state index in [0.29, 0.717) is 30.1 Å². The molecule has 0 radical (unpaired) electrons. The summed E-state index contributed by atoms with van der Waals surface area (Å²) in [6, 6.07) is 5.07. The van der Waals surface area contributed by atoms with Crippen LogP contribution in [0.1, 0.15) is 40.5 Å². The van der Waals surface area contributed by atoms with Gasteiger partial charge in [0, 0.05) is 23.6 Å². The highest BCUT2D eigenvalue weighted by atomic mass is 79.9. The minimum Gasteiger partial charge on any atom is -0.341 e. The number of fused-ring (bicyclic) bond motifs is 1. The van der Waals surface area contributed by atoms with Gasteiger partial charge in [0.25, 0.3) is 11.8 Å². The van der Waals surface area contributed by atoms with Crippen LogP contribution in [0, 0.1) is 5.92 Å². The van der Waals surface area contributed by atoms with Crippen LogP contribution in [0.2, 0.25) is 0 Å². The van der Waals surface area contributed by atoms with Gasteiger partial charge < -0.3 is 10.6 Å². The van der Waals surface area contributed by atoms with Crippen molar-refractivity contribution in [3.05, 3.63) is 33.8 Å². The van der Waals surface area contributed by atoms with Gasteiger partial charge in [0.05, 0.1) is 11.1 Å². The van der Waals surface area contributed by atoms with E-state index in [-0.39, 0.29) is 18.5 Å². The summed E-state index contributed by atoms with van der Waals surface area (Å²) in [5.41, 5.74) is 6.61. The minimum absolute atomic E-state index is 0.122. The molecule has 0 aromatic heterocycles. The summed E-state index contributed by atoms with van der Waals surface area (Å²) in [5, 5.41) is 0. The fraction of sp³-hybridized carbons (Fsp3) is 0.471. The molecule has 3 rings (SSSR count). The zero-order chi connectivity index (χ0) is 17.4. The Morgan fingerprint density at radius 3 is 2.50 bits per heavy atom. The second kappa shape index (κ2) is 6.64. The highest BCUT2D eigenvalue weighted by molar-refractivity contribution is 9.10. The standard InChI is InChI=1S/C17H20BrN3O3/c1-10(19)11-4-6-20(7-5-11)15(22)9-21-16(23)13-3-2-12(18)8-14(13)17(21)24/h2-3,8,10-11H,4-7,9,19H2,1H3. The zero-order valence-corrected chi connectivity index (χ0v) is 15.1. The highest BCUT2D eigenvalue weighted by Gasteiger charge is 2.38. The van der Waals surface area contributed by atoms with Gasteiger partial charge in [-0.05, 0) is 43.9 Å². The van der Waals surface area contributed by atoms with Crippen molar-refractivity contribution in [2.45, 2.75) is 25.8 Å². The molecule has 1 saturated heterocycles. The van der Waals surface area contributed by atoms with E-state index in [1.807, 2.05) is 6.92 Å². The second-order valence-electron chi connectivity index (χ2n) is 6.46. The SMILES string of the molecule is CC(N)C1CCN(C(=O)CN2C(=O)c3ccc(Br)cc3C2=O)CC1. The molecule has 1 aromatic rings. The summed E-state index contributed by atoms with van der Waals surface area (Å²) in [6.45, 7) is 3.03. The summed E-state index contributed by atoms with van der Waals surface area (Å²) in [6.07, 6.45) is 1.72. The molecule has 0 spiro atoms. The number of amides is 3. The molecule has 128 valence electrons. The highest BCUT2D eigenvalue weighted by Crippen LogP contribution is 2.26. The van der Waals surface area contributed by atoms with Gasteiger partial charge >= 0.3 is 0 Å². The molecular formula is C17H20BrN3O3. The molecule has 24 heavy (non-hydrogen) atoms. The van der Waals surface area contributed by atoms with Gasteiger partial charge in [0.15, 0.2) is 0 Å². The number of carbonyl (C=O) groups excluding carboxylic acids is 3. The topological polar surface area (TPSA) is 83.7 Å². The fourth-order valence-corrected chi connectivity index (χ4v) is 3.68. The van der Waals surface area contributed by atoms with Crippen LogP contribution in [0.15, 0.2) is 22.7 Å². The first kappa shape index (κ1) is 17.1. The smallest absolute Gasteiger partial charge is 0.262 e. The number of rotatable bonds is 3. The van der Waals surface area contributed by atoms with Crippen molar-refractivity contribution in [2.24, 2.45) is 11.7 Å². The maximum Gasteiger partial charge on any atom is 0.262 e. The lowest BCUT2D eigenvalue weighted by atomic mass is 9.91. The summed E-state index contributed by atoms with van der Waals surface area (Å²) in [4.78, 5) is 40.0. The van der Waals surface area contributed by atoms with Gasteiger partial charge in [-0.25, -0.2) is 0 Å². The lowest BCUT2D eigenvalue weighted by Gasteiger charge is -2.34. The number of nitrogens with zero attached hydrogens (tertiary/aromatic N) is 2. The Labute approximate surface area is 149 Å². The molecule has 2 N–H and O–H groups in total. The monoisotopic (exact) mass is 393 g/mol. The number of nitrogens with two attached hydrogens (primary N) is 1. The summed E-state index contributed by atoms with van der Waals surface area (Å²) < 4.78 is 0.730. The first-order valence-corrected chi connectivity index (χ1v) is 8.87. The maximum atomic E-state index is 12.5. The lowest BCUT2D eigenvalue weighted by molar-refractivity contribution is -0.132. The zero-order valence-electron chi connectivity index (χ0n) is 13.5. The normalized spacial score (nSPS) is 19.6. The molecule has 1 unspecified atom stereocenters. The van der Waals surface area contributed by atoms with Gasteiger partial charge in [-0.15, -0.1) is 0 Å². The number of carbonyl (C=O) groups is 3. The molecule has 2 heterocycles. The molecule has 0 saturated carbocycles. The van der Waals surface area contributed by atoms with E-state index in [1.165, 1.54) is 0 Å². The summed E-state index contributed by atoms with van der Waals surface area (Å²) in [7, 11) is 0. The van der Waals surface area contributed by atoms with E-state index in [2.05, 4.69) is 15.9 Å². The van der Waals surface area contributed by atoms with Gasteiger partial charge in [0.1, 0.15) is 6.54 Å². The first-order valence-electron chi connectivity index (χ1n) is 8.07. The Morgan fingerprint density at radius 1 is 1.25 bits per heavy atom. The maximum absolute atomic E-state index is 12.5. The Morgan fingerprint density at radius 2 is 1.88 bits per heavy atom.